The summed E-state index contributed by atoms with van der Waals surface area (Å²) in [6.07, 6.45) is 3.65. The molecule has 4 amide bonds. The van der Waals surface area contributed by atoms with Crippen molar-refractivity contribution in [2.75, 3.05) is 58.2 Å². The molecule has 0 spiro atoms. The van der Waals surface area contributed by atoms with Gasteiger partial charge in [0.05, 0.1) is 19.3 Å². The number of hydrazine groups is 1. The third kappa shape index (κ3) is 8.13. The number of ether oxygens (including phenoxy) is 1. The highest BCUT2D eigenvalue weighted by Crippen LogP contribution is 2.33. The van der Waals surface area contributed by atoms with Gasteiger partial charge in [0.2, 0.25) is 11.8 Å². The van der Waals surface area contributed by atoms with E-state index in [1.807, 2.05) is 21.4 Å². The van der Waals surface area contributed by atoms with Crippen LogP contribution in [0, 0.1) is 0 Å². The van der Waals surface area contributed by atoms with Crippen molar-refractivity contribution in [1.29, 1.82) is 0 Å². The van der Waals surface area contributed by atoms with Gasteiger partial charge in [-0.2, -0.15) is 0 Å². The van der Waals surface area contributed by atoms with Crippen LogP contribution < -0.4 is 20.8 Å². The van der Waals surface area contributed by atoms with Gasteiger partial charge in [0, 0.05) is 63.2 Å². The SMILES string of the molecule is CCCc1ccc(OC)c(-c2csc(NC(=O)NN3CCCN(C(=O)CN4CCC(NC(C)=O)C4)CC3)n2)c1. The molecular formula is C27H39N7O4S. The smallest absolute Gasteiger partial charge is 0.335 e. The molecule has 1 unspecified atom stereocenters. The van der Waals surface area contributed by atoms with Gasteiger partial charge in [-0.1, -0.05) is 19.4 Å². The minimum absolute atomic E-state index is 0.0370. The number of methoxy groups -OCH3 is 1. The molecule has 1 aromatic heterocycles. The molecule has 3 heterocycles. The molecule has 4 rings (SSSR count). The largest absolute Gasteiger partial charge is 0.496 e. The van der Waals surface area contributed by atoms with E-state index in [1.165, 1.54) is 23.8 Å². The minimum Gasteiger partial charge on any atom is -0.496 e. The molecule has 0 saturated carbocycles. The number of rotatable bonds is 9. The molecule has 3 N–H and O–H groups in total. The van der Waals surface area contributed by atoms with E-state index in [0.29, 0.717) is 44.4 Å². The van der Waals surface area contributed by atoms with E-state index in [9.17, 15) is 14.4 Å². The highest BCUT2D eigenvalue weighted by atomic mass is 32.1. The number of nitrogens with one attached hydrogen (secondary N) is 3. The van der Waals surface area contributed by atoms with Gasteiger partial charge in [0.25, 0.3) is 0 Å². The van der Waals surface area contributed by atoms with Gasteiger partial charge in [-0.25, -0.2) is 14.8 Å². The third-order valence-corrected chi connectivity index (χ3v) is 7.71. The number of urea groups is 1. The van der Waals surface area contributed by atoms with Crippen LogP contribution in [0.3, 0.4) is 0 Å². The molecule has 2 aliphatic rings. The number of hydrogen-bond donors (Lipinski definition) is 3. The number of likely N-dealkylation sites (tertiary alicyclic amines) is 1. The zero-order chi connectivity index (χ0) is 27.8. The van der Waals surface area contributed by atoms with E-state index in [-0.39, 0.29) is 23.9 Å². The number of aromatic nitrogens is 1. The van der Waals surface area contributed by atoms with Crippen LogP contribution in [0.2, 0.25) is 0 Å². The first-order chi connectivity index (χ1) is 18.8. The summed E-state index contributed by atoms with van der Waals surface area (Å²) in [4.78, 5) is 45.5. The van der Waals surface area contributed by atoms with Crippen molar-refractivity contribution in [3.63, 3.8) is 0 Å². The number of aryl methyl sites for hydroxylation is 1. The Morgan fingerprint density at radius 2 is 2.00 bits per heavy atom. The number of amides is 4. The summed E-state index contributed by atoms with van der Waals surface area (Å²) in [6.45, 7) is 7.89. The average Bonchev–Trinajstić information content (AvgIpc) is 3.47. The summed E-state index contributed by atoms with van der Waals surface area (Å²) >= 11 is 1.36. The van der Waals surface area contributed by atoms with Crippen molar-refractivity contribution in [3.05, 3.63) is 29.1 Å². The minimum atomic E-state index is -0.358. The van der Waals surface area contributed by atoms with Crippen LogP contribution >= 0.6 is 11.3 Å². The highest BCUT2D eigenvalue weighted by molar-refractivity contribution is 7.14. The summed E-state index contributed by atoms with van der Waals surface area (Å²) in [5.74, 6) is 0.792. The van der Waals surface area contributed by atoms with Crippen molar-refractivity contribution in [1.82, 2.24) is 30.5 Å². The van der Waals surface area contributed by atoms with Crippen LogP contribution in [-0.2, 0) is 16.0 Å². The van der Waals surface area contributed by atoms with Gasteiger partial charge in [-0.05, 0) is 37.0 Å². The number of thiazole rings is 1. The van der Waals surface area contributed by atoms with Crippen LogP contribution in [0.1, 0.15) is 38.7 Å². The second-order valence-corrected chi connectivity index (χ2v) is 10.9. The Labute approximate surface area is 233 Å². The number of hydrogen-bond acceptors (Lipinski definition) is 8. The molecule has 11 nitrogen and oxygen atoms in total. The first-order valence-electron chi connectivity index (χ1n) is 13.6. The van der Waals surface area contributed by atoms with Gasteiger partial charge in [-0.3, -0.25) is 25.2 Å². The topological polar surface area (TPSA) is 119 Å². The van der Waals surface area contributed by atoms with E-state index in [0.717, 1.165) is 49.2 Å². The Hall–Kier alpha value is -3.22. The van der Waals surface area contributed by atoms with Crippen molar-refractivity contribution in [2.45, 2.75) is 45.6 Å². The van der Waals surface area contributed by atoms with Crippen molar-refractivity contribution >= 4 is 34.3 Å². The fourth-order valence-corrected chi connectivity index (χ4v) is 5.78. The zero-order valence-corrected chi connectivity index (χ0v) is 23.8. The maximum Gasteiger partial charge on any atom is 0.335 e. The van der Waals surface area contributed by atoms with Crippen LogP contribution in [-0.4, -0.2) is 96.6 Å². The Bertz CT molecular complexity index is 1160. The van der Waals surface area contributed by atoms with Gasteiger partial charge in [-0.15, -0.1) is 11.3 Å². The van der Waals surface area contributed by atoms with Crippen LogP contribution in [0.15, 0.2) is 23.6 Å². The number of anilines is 1. The van der Waals surface area contributed by atoms with Gasteiger partial charge >= 0.3 is 6.03 Å². The fourth-order valence-electron chi connectivity index (χ4n) is 5.07. The van der Waals surface area contributed by atoms with Crippen LogP contribution in [0.5, 0.6) is 5.75 Å². The molecule has 39 heavy (non-hydrogen) atoms. The lowest BCUT2D eigenvalue weighted by Crippen LogP contribution is -2.47. The second kappa shape index (κ2) is 13.7. The summed E-state index contributed by atoms with van der Waals surface area (Å²) in [7, 11) is 1.64. The molecule has 0 aliphatic carbocycles. The van der Waals surface area contributed by atoms with Crippen LogP contribution in [0.4, 0.5) is 9.93 Å². The number of carbonyl (C=O) groups excluding carboxylic acids is 3. The third-order valence-electron chi connectivity index (χ3n) is 6.95. The van der Waals surface area contributed by atoms with Crippen molar-refractivity contribution in [2.24, 2.45) is 0 Å². The zero-order valence-electron chi connectivity index (χ0n) is 23.0. The molecule has 212 valence electrons. The predicted molar refractivity (Wildman–Crippen MR) is 152 cm³/mol. The summed E-state index contributed by atoms with van der Waals surface area (Å²) in [5.41, 5.74) is 5.78. The molecule has 12 heteroatoms. The van der Waals surface area contributed by atoms with E-state index < -0.39 is 0 Å². The van der Waals surface area contributed by atoms with E-state index >= 15 is 0 Å². The maximum atomic E-state index is 12.9. The summed E-state index contributed by atoms with van der Waals surface area (Å²) < 4.78 is 5.53. The van der Waals surface area contributed by atoms with E-state index in [1.54, 1.807) is 7.11 Å². The Morgan fingerprint density at radius 3 is 2.77 bits per heavy atom. The van der Waals surface area contributed by atoms with Crippen molar-refractivity contribution < 1.29 is 19.1 Å². The van der Waals surface area contributed by atoms with Crippen LogP contribution in [0.25, 0.3) is 11.3 Å². The standard InChI is InChI=1S/C27H39N7O4S/c1-4-6-20-7-8-24(38-3)22(15-20)23-18-39-27(29-23)30-26(37)31-34-11-5-10-33(13-14-34)25(36)17-32-12-9-21(16-32)28-19(2)35/h7-8,15,18,21H,4-6,9-14,16-17H2,1-3H3,(H,28,35)(H2,29,30,31,37). The quantitative estimate of drug-likeness (QED) is 0.434. The molecule has 0 bridgehead atoms. The lowest BCUT2D eigenvalue weighted by atomic mass is 10.0. The van der Waals surface area contributed by atoms with Gasteiger partial charge in [0.1, 0.15) is 5.75 Å². The first-order valence-corrected chi connectivity index (χ1v) is 14.4. The number of carbonyl (C=O) groups is 3. The monoisotopic (exact) mass is 557 g/mol. The van der Waals surface area contributed by atoms with E-state index in [2.05, 4.69) is 45.0 Å². The number of benzene rings is 1. The first kappa shape index (κ1) is 28.8. The summed E-state index contributed by atoms with van der Waals surface area (Å²) in [6, 6.07) is 5.87. The second-order valence-electron chi connectivity index (χ2n) is 10.0. The lowest BCUT2D eigenvalue weighted by molar-refractivity contribution is -0.132. The lowest BCUT2D eigenvalue weighted by Gasteiger charge is -2.24. The molecule has 1 atom stereocenters. The molecule has 2 aliphatic heterocycles. The van der Waals surface area contributed by atoms with Gasteiger partial charge < -0.3 is 15.0 Å². The molecular weight excluding hydrogens is 518 g/mol. The predicted octanol–water partition coefficient (Wildman–Crippen LogP) is 2.55. The molecule has 2 saturated heterocycles. The Balaban J connectivity index is 1.25. The fraction of sp³-hybridized carbons (Fsp3) is 0.556. The summed E-state index contributed by atoms with van der Waals surface area (Å²) in [5, 5.41) is 10.0. The van der Waals surface area contributed by atoms with Crippen molar-refractivity contribution in [3.8, 4) is 17.0 Å². The normalized spacial score (nSPS) is 18.4. The average molecular weight is 558 g/mol. The molecule has 2 aromatic rings. The number of nitrogens with zero attached hydrogens (tertiary/aromatic N) is 4. The Kier molecular flexibility index (Phi) is 10.1. The molecule has 2 fully saturated rings. The molecule has 1 aromatic carbocycles. The highest BCUT2D eigenvalue weighted by Gasteiger charge is 2.27. The Morgan fingerprint density at radius 1 is 1.15 bits per heavy atom. The molecule has 0 radical (unpaired) electrons. The maximum absolute atomic E-state index is 12.9. The van der Waals surface area contributed by atoms with E-state index in [4.69, 9.17) is 4.74 Å². The van der Waals surface area contributed by atoms with Gasteiger partial charge in [0.15, 0.2) is 5.13 Å².